The summed E-state index contributed by atoms with van der Waals surface area (Å²) in [4.78, 5) is 6.90. The highest BCUT2D eigenvalue weighted by atomic mass is 32.2. The van der Waals surface area contributed by atoms with E-state index in [2.05, 4.69) is 22.1 Å². The summed E-state index contributed by atoms with van der Waals surface area (Å²) in [6.07, 6.45) is 0. The van der Waals surface area contributed by atoms with Crippen LogP contribution < -0.4 is 5.73 Å². The van der Waals surface area contributed by atoms with Crippen molar-refractivity contribution in [3.63, 3.8) is 0 Å². The molecule has 112 valence electrons. The van der Waals surface area contributed by atoms with Crippen molar-refractivity contribution in [2.24, 2.45) is 5.73 Å². The van der Waals surface area contributed by atoms with E-state index in [-0.39, 0.29) is 12.0 Å². The van der Waals surface area contributed by atoms with Crippen molar-refractivity contribution < 1.29 is 4.52 Å². The van der Waals surface area contributed by atoms with E-state index in [9.17, 15) is 0 Å². The summed E-state index contributed by atoms with van der Waals surface area (Å²) < 4.78 is 5.50. The Morgan fingerprint density at radius 1 is 1.43 bits per heavy atom. The highest BCUT2D eigenvalue weighted by Crippen LogP contribution is 2.28. The number of nitrogens with zero attached hydrogens (tertiary/aromatic N) is 3. The van der Waals surface area contributed by atoms with Gasteiger partial charge in [-0.05, 0) is 12.6 Å². The lowest BCUT2D eigenvalue weighted by Crippen LogP contribution is -2.33. The predicted molar refractivity (Wildman–Crippen MR) is 84.3 cm³/mol. The van der Waals surface area contributed by atoms with Crippen LogP contribution in [-0.2, 0) is 0 Å². The lowest BCUT2D eigenvalue weighted by molar-refractivity contribution is 0.256. The maximum atomic E-state index is 5.91. The average Bonchev–Trinajstić information content (AvgIpc) is 2.99. The molecule has 2 N–H and O–H groups in total. The molecule has 1 aromatic carbocycles. The number of hydrogen-bond donors (Lipinski definition) is 1. The summed E-state index contributed by atoms with van der Waals surface area (Å²) in [6, 6.07) is 10.3. The molecule has 0 amide bonds. The zero-order valence-corrected chi connectivity index (χ0v) is 12.9. The van der Waals surface area contributed by atoms with E-state index < -0.39 is 0 Å². The molecule has 1 fully saturated rings. The Bertz CT molecular complexity index is 574. The second-order valence-corrected chi connectivity index (χ2v) is 6.41. The molecule has 0 radical (unpaired) electrons. The lowest BCUT2D eigenvalue weighted by atomic mass is 9.99. The normalized spacial score (nSPS) is 21.3. The Morgan fingerprint density at radius 3 is 2.95 bits per heavy atom. The van der Waals surface area contributed by atoms with Crippen LogP contribution in [0.5, 0.6) is 0 Å². The first kappa shape index (κ1) is 14.6. The van der Waals surface area contributed by atoms with Gasteiger partial charge in [0.2, 0.25) is 5.89 Å². The number of benzene rings is 1. The number of aromatic nitrogens is 2. The zero-order valence-electron chi connectivity index (χ0n) is 12.1. The molecule has 2 unspecified atom stereocenters. The van der Waals surface area contributed by atoms with Crippen LogP contribution in [0.15, 0.2) is 34.9 Å². The van der Waals surface area contributed by atoms with E-state index in [4.69, 9.17) is 10.3 Å². The fourth-order valence-corrected chi connectivity index (χ4v) is 3.76. The van der Waals surface area contributed by atoms with Crippen LogP contribution in [0.4, 0.5) is 0 Å². The Morgan fingerprint density at radius 2 is 2.24 bits per heavy atom. The summed E-state index contributed by atoms with van der Waals surface area (Å²) in [6.45, 7) is 1.51. The summed E-state index contributed by atoms with van der Waals surface area (Å²) in [5.41, 5.74) is 7.02. The van der Waals surface area contributed by atoms with Crippen molar-refractivity contribution in [1.29, 1.82) is 0 Å². The van der Waals surface area contributed by atoms with Crippen molar-refractivity contribution in [1.82, 2.24) is 15.0 Å². The monoisotopic (exact) mass is 304 g/mol. The Kier molecular flexibility index (Phi) is 4.57. The number of nitrogens with two attached hydrogens (primary N) is 1. The molecule has 5 nitrogen and oxygen atoms in total. The number of hydrogen-bond acceptors (Lipinski definition) is 6. The first-order chi connectivity index (χ1) is 10.3. The standard InChI is InChI=1S/C15H20N4OS/c1-19-7-8-21-10-13(19)14-17-15(20-18-14)12(9-16)11-5-3-2-4-6-11/h2-6,12-13H,7-10,16H2,1H3. The number of rotatable bonds is 4. The summed E-state index contributed by atoms with van der Waals surface area (Å²) in [5.74, 6) is 3.52. The van der Waals surface area contributed by atoms with E-state index in [1.807, 2.05) is 42.1 Å². The molecule has 1 aromatic heterocycles. The Labute approximate surface area is 128 Å². The minimum Gasteiger partial charge on any atom is -0.339 e. The fraction of sp³-hybridized carbons (Fsp3) is 0.467. The maximum absolute atomic E-state index is 5.91. The molecule has 0 saturated carbocycles. The van der Waals surface area contributed by atoms with Gasteiger partial charge in [0.15, 0.2) is 5.82 Å². The van der Waals surface area contributed by atoms with E-state index in [0.717, 1.165) is 29.4 Å². The summed E-state index contributed by atoms with van der Waals surface area (Å²) in [7, 11) is 2.11. The Hall–Kier alpha value is -1.37. The van der Waals surface area contributed by atoms with E-state index in [0.29, 0.717) is 12.4 Å². The molecule has 1 aliphatic heterocycles. The smallest absolute Gasteiger partial charge is 0.235 e. The minimum atomic E-state index is -0.0333. The third-order valence-corrected chi connectivity index (χ3v) is 4.91. The van der Waals surface area contributed by atoms with Crippen molar-refractivity contribution in [2.75, 3.05) is 31.6 Å². The number of thioether (sulfide) groups is 1. The maximum Gasteiger partial charge on any atom is 0.235 e. The molecule has 0 aliphatic carbocycles. The van der Waals surface area contributed by atoms with Gasteiger partial charge in [-0.1, -0.05) is 35.5 Å². The van der Waals surface area contributed by atoms with Crippen molar-refractivity contribution in [2.45, 2.75) is 12.0 Å². The summed E-state index contributed by atoms with van der Waals surface area (Å²) >= 11 is 1.93. The molecule has 6 heteroatoms. The van der Waals surface area contributed by atoms with Crippen LogP contribution in [-0.4, -0.2) is 46.7 Å². The first-order valence-electron chi connectivity index (χ1n) is 7.16. The van der Waals surface area contributed by atoms with Gasteiger partial charge >= 0.3 is 0 Å². The molecule has 2 atom stereocenters. The largest absolute Gasteiger partial charge is 0.339 e. The fourth-order valence-electron chi connectivity index (χ4n) is 2.55. The van der Waals surface area contributed by atoms with Gasteiger partial charge in [-0.3, -0.25) is 4.90 Å². The second kappa shape index (κ2) is 6.60. The van der Waals surface area contributed by atoms with Gasteiger partial charge < -0.3 is 10.3 Å². The van der Waals surface area contributed by atoms with Crippen LogP contribution in [0, 0.1) is 0 Å². The molecule has 2 aromatic rings. The summed E-state index contributed by atoms with van der Waals surface area (Å²) in [5, 5.41) is 4.19. The van der Waals surface area contributed by atoms with Gasteiger partial charge in [0.1, 0.15) is 0 Å². The highest BCUT2D eigenvalue weighted by Gasteiger charge is 2.27. The van der Waals surface area contributed by atoms with Crippen molar-refractivity contribution >= 4 is 11.8 Å². The van der Waals surface area contributed by atoms with Crippen LogP contribution in [0.2, 0.25) is 0 Å². The minimum absolute atomic E-state index is 0.0333. The van der Waals surface area contributed by atoms with Crippen molar-refractivity contribution in [3.8, 4) is 0 Å². The third-order valence-electron chi connectivity index (χ3n) is 3.89. The van der Waals surface area contributed by atoms with Gasteiger partial charge in [-0.2, -0.15) is 16.7 Å². The van der Waals surface area contributed by atoms with Gasteiger partial charge in [-0.25, -0.2) is 0 Å². The zero-order chi connectivity index (χ0) is 14.7. The topological polar surface area (TPSA) is 68.2 Å². The van der Waals surface area contributed by atoms with E-state index in [1.165, 1.54) is 0 Å². The molecule has 1 aliphatic rings. The SMILES string of the molecule is CN1CCSCC1c1noc(C(CN)c2ccccc2)n1. The quantitative estimate of drug-likeness (QED) is 0.930. The molecule has 0 spiro atoms. The molecular weight excluding hydrogens is 284 g/mol. The van der Waals surface area contributed by atoms with Crippen LogP contribution in [0.25, 0.3) is 0 Å². The average molecular weight is 304 g/mol. The Balaban J connectivity index is 1.83. The molecule has 1 saturated heterocycles. The van der Waals surface area contributed by atoms with Crippen LogP contribution in [0.3, 0.4) is 0 Å². The van der Waals surface area contributed by atoms with E-state index in [1.54, 1.807) is 0 Å². The molecular formula is C15H20N4OS. The third kappa shape index (κ3) is 3.12. The second-order valence-electron chi connectivity index (χ2n) is 5.26. The first-order valence-corrected chi connectivity index (χ1v) is 8.31. The van der Waals surface area contributed by atoms with Gasteiger partial charge in [0.25, 0.3) is 0 Å². The molecule has 0 bridgehead atoms. The van der Waals surface area contributed by atoms with Gasteiger partial charge in [-0.15, -0.1) is 0 Å². The lowest BCUT2D eigenvalue weighted by Gasteiger charge is -2.29. The van der Waals surface area contributed by atoms with E-state index >= 15 is 0 Å². The van der Waals surface area contributed by atoms with Gasteiger partial charge in [0.05, 0.1) is 12.0 Å². The van der Waals surface area contributed by atoms with Crippen molar-refractivity contribution in [3.05, 3.63) is 47.6 Å². The van der Waals surface area contributed by atoms with Crippen LogP contribution in [0.1, 0.15) is 29.2 Å². The van der Waals surface area contributed by atoms with Crippen LogP contribution >= 0.6 is 11.8 Å². The predicted octanol–water partition coefficient (Wildman–Crippen LogP) is 1.88. The molecule has 3 rings (SSSR count). The molecule has 21 heavy (non-hydrogen) atoms. The highest BCUT2D eigenvalue weighted by molar-refractivity contribution is 7.99. The van der Waals surface area contributed by atoms with Gasteiger partial charge in [0, 0.05) is 24.6 Å². The molecule has 2 heterocycles.